The van der Waals surface area contributed by atoms with Gasteiger partial charge < -0.3 is 24.4 Å². The number of hydrogen-bond acceptors (Lipinski definition) is 6. The van der Waals surface area contributed by atoms with Crippen LogP contribution >= 0.6 is 0 Å². The monoisotopic (exact) mass is 478 g/mol. The van der Waals surface area contributed by atoms with Crippen LogP contribution in [0, 0.1) is 6.92 Å². The van der Waals surface area contributed by atoms with Gasteiger partial charge in [0.2, 0.25) is 0 Å². The van der Waals surface area contributed by atoms with E-state index in [1.54, 1.807) is 48.4 Å². The van der Waals surface area contributed by atoms with Crippen LogP contribution in [0.2, 0.25) is 0 Å². The lowest BCUT2D eigenvalue weighted by Crippen LogP contribution is -2.38. The quantitative estimate of drug-likeness (QED) is 0.224. The van der Waals surface area contributed by atoms with E-state index in [4.69, 9.17) is 9.47 Å². The Labute approximate surface area is 207 Å². The second kappa shape index (κ2) is 11.7. The number of nitrogens with zero attached hydrogens (tertiary/aromatic N) is 2. The first-order valence-electron chi connectivity index (χ1n) is 11.9. The lowest BCUT2D eigenvalue weighted by molar-refractivity contribution is -0.140. The summed E-state index contributed by atoms with van der Waals surface area (Å²) in [5.74, 6) is -0.190. The Kier molecular flexibility index (Phi) is 8.71. The van der Waals surface area contributed by atoms with Gasteiger partial charge in [-0.15, -0.1) is 0 Å². The number of carbonyl (C=O) groups excluding carboxylic acids is 2. The van der Waals surface area contributed by atoms with Crippen LogP contribution in [0.25, 0.3) is 5.76 Å². The van der Waals surface area contributed by atoms with E-state index in [1.807, 2.05) is 19.1 Å². The zero-order valence-electron chi connectivity index (χ0n) is 20.9. The molecule has 1 saturated heterocycles. The van der Waals surface area contributed by atoms with Crippen LogP contribution in [-0.2, 0) is 9.59 Å². The van der Waals surface area contributed by atoms with E-state index >= 15 is 0 Å². The summed E-state index contributed by atoms with van der Waals surface area (Å²) >= 11 is 0. The summed E-state index contributed by atoms with van der Waals surface area (Å²) in [5.41, 5.74) is 2.03. The third-order valence-electron chi connectivity index (χ3n) is 6.34. The van der Waals surface area contributed by atoms with Crippen molar-refractivity contribution in [1.82, 2.24) is 9.80 Å². The van der Waals surface area contributed by atoms with Gasteiger partial charge in [-0.1, -0.05) is 38.6 Å². The maximum absolute atomic E-state index is 13.3. The standard InChI is InChI=1S/C28H34N2O5/c1-6-17-35-22-13-14-23(19(4)18-22)26(31)24-25(20-9-11-21(34-5)12-10-20)30(28(33)27(24)32)16-15-29(7-2)8-3/h6,9-14,18,25,31H,1,7-8,15-17H2,2-5H3/t25-/m1/s1. The van der Waals surface area contributed by atoms with Crippen molar-refractivity contribution in [3.63, 3.8) is 0 Å². The van der Waals surface area contributed by atoms with Crippen LogP contribution in [0.3, 0.4) is 0 Å². The number of ether oxygens (including phenoxy) is 2. The van der Waals surface area contributed by atoms with Crippen LogP contribution in [0.5, 0.6) is 11.5 Å². The smallest absolute Gasteiger partial charge is 0.295 e. The topological polar surface area (TPSA) is 79.3 Å². The molecule has 1 aliphatic rings. The predicted octanol–water partition coefficient (Wildman–Crippen LogP) is 4.33. The molecule has 2 aromatic rings. The molecule has 35 heavy (non-hydrogen) atoms. The molecule has 0 aliphatic carbocycles. The Morgan fingerprint density at radius 3 is 2.34 bits per heavy atom. The second-order valence-corrected chi connectivity index (χ2v) is 8.37. The van der Waals surface area contributed by atoms with Crippen molar-refractivity contribution in [2.75, 3.05) is 39.9 Å². The molecule has 0 radical (unpaired) electrons. The molecule has 1 fully saturated rings. The maximum atomic E-state index is 13.3. The summed E-state index contributed by atoms with van der Waals surface area (Å²) in [6.07, 6.45) is 1.65. The number of benzene rings is 2. The van der Waals surface area contributed by atoms with E-state index in [1.165, 1.54) is 0 Å². The molecule has 7 heteroatoms. The van der Waals surface area contributed by atoms with Gasteiger partial charge in [0.1, 0.15) is 23.9 Å². The number of methoxy groups -OCH3 is 1. The second-order valence-electron chi connectivity index (χ2n) is 8.37. The van der Waals surface area contributed by atoms with E-state index in [0.717, 1.165) is 24.2 Å². The SMILES string of the molecule is C=CCOc1ccc(C(O)=C2C(=O)C(=O)N(CCN(CC)CC)[C@@H]2c2ccc(OC)cc2)c(C)c1. The van der Waals surface area contributed by atoms with Crippen molar-refractivity contribution >= 4 is 17.4 Å². The number of likely N-dealkylation sites (tertiary alicyclic amines) is 1. The summed E-state index contributed by atoms with van der Waals surface area (Å²) in [6, 6.07) is 11.7. The molecule has 1 aliphatic heterocycles. The molecule has 1 heterocycles. The van der Waals surface area contributed by atoms with Gasteiger partial charge >= 0.3 is 0 Å². The minimum Gasteiger partial charge on any atom is -0.507 e. The molecule has 1 N–H and O–H groups in total. The predicted molar refractivity (Wildman–Crippen MR) is 137 cm³/mol. The highest BCUT2D eigenvalue weighted by atomic mass is 16.5. The first kappa shape index (κ1) is 26.0. The molecule has 1 atom stereocenters. The minimum atomic E-state index is -0.701. The van der Waals surface area contributed by atoms with Crippen LogP contribution in [0.4, 0.5) is 0 Å². The third kappa shape index (κ3) is 5.57. The Morgan fingerprint density at radius 1 is 1.11 bits per heavy atom. The number of aliphatic hydroxyl groups is 1. The molecule has 0 spiro atoms. The Balaban J connectivity index is 2.08. The van der Waals surface area contributed by atoms with Crippen molar-refractivity contribution in [1.29, 1.82) is 0 Å². The molecule has 0 saturated carbocycles. The van der Waals surface area contributed by atoms with Gasteiger partial charge in [-0.05, 0) is 61.5 Å². The molecular weight excluding hydrogens is 444 g/mol. The average molecular weight is 479 g/mol. The Bertz CT molecular complexity index is 1100. The van der Waals surface area contributed by atoms with E-state index in [9.17, 15) is 14.7 Å². The first-order valence-corrected chi connectivity index (χ1v) is 11.9. The lowest BCUT2D eigenvalue weighted by Gasteiger charge is -2.28. The zero-order chi connectivity index (χ0) is 25.5. The van der Waals surface area contributed by atoms with Crippen molar-refractivity contribution in [2.45, 2.75) is 26.8 Å². The number of Topliss-reactive ketones (excluding diaryl/α,β-unsaturated/α-hetero) is 1. The third-order valence-corrected chi connectivity index (χ3v) is 6.34. The van der Waals surface area contributed by atoms with E-state index in [-0.39, 0.29) is 11.3 Å². The summed E-state index contributed by atoms with van der Waals surface area (Å²) in [7, 11) is 1.58. The van der Waals surface area contributed by atoms with Gasteiger partial charge in [0.05, 0.1) is 18.7 Å². The first-order chi connectivity index (χ1) is 16.9. The van der Waals surface area contributed by atoms with Crippen molar-refractivity contribution < 1.29 is 24.2 Å². The number of aliphatic hydroxyl groups excluding tert-OH is 1. The van der Waals surface area contributed by atoms with Gasteiger partial charge in [-0.3, -0.25) is 9.59 Å². The highest BCUT2D eigenvalue weighted by molar-refractivity contribution is 6.46. The Morgan fingerprint density at radius 2 is 1.77 bits per heavy atom. The summed E-state index contributed by atoms with van der Waals surface area (Å²) in [4.78, 5) is 30.2. The molecule has 0 aromatic heterocycles. The average Bonchev–Trinajstić information content (AvgIpc) is 3.12. The fourth-order valence-electron chi connectivity index (χ4n) is 4.32. The largest absolute Gasteiger partial charge is 0.507 e. The maximum Gasteiger partial charge on any atom is 0.295 e. The van der Waals surface area contributed by atoms with Crippen LogP contribution in [0.15, 0.2) is 60.7 Å². The van der Waals surface area contributed by atoms with Gasteiger partial charge in [0, 0.05) is 18.7 Å². The molecule has 0 unspecified atom stereocenters. The van der Waals surface area contributed by atoms with Crippen molar-refractivity contribution in [3.8, 4) is 11.5 Å². The number of hydrogen-bond donors (Lipinski definition) is 1. The molecule has 1 amide bonds. The Hall–Kier alpha value is -3.58. The van der Waals surface area contributed by atoms with Crippen LogP contribution in [-0.4, -0.2) is 66.5 Å². The fraction of sp³-hybridized carbons (Fsp3) is 0.357. The molecule has 2 aromatic carbocycles. The van der Waals surface area contributed by atoms with Crippen molar-refractivity contribution in [2.24, 2.45) is 0 Å². The number of rotatable bonds is 11. The molecular formula is C28H34N2O5. The summed E-state index contributed by atoms with van der Waals surface area (Å²) in [6.45, 7) is 12.6. The van der Waals surface area contributed by atoms with Gasteiger partial charge in [-0.25, -0.2) is 0 Å². The number of carbonyl (C=O) groups is 2. The normalized spacial score (nSPS) is 17.2. The number of amides is 1. The molecule has 7 nitrogen and oxygen atoms in total. The van der Waals surface area contributed by atoms with E-state index in [2.05, 4.69) is 25.3 Å². The molecule has 3 rings (SSSR count). The van der Waals surface area contributed by atoms with Gasteiger partial charge in [0.25, 0.3) is 11.7 Å². The highest BCUT2D eigenvalue weighted by Crippen LogP contribution is 2.40. The lowest BCUT2D eigenvalue weighted by atomic mass is 9.94. The van der Waals surface area contributed by atoms with Gasteiger partial charge in [-0.2, -0.15) is 0 Å². The number of likely N-dealkylation sites (N-methyl/N-ethyl adjacent to an activating group) is 1. The van der Waals surface area contributed by atoms with Crippen molar-refractivity contribution in [3.05, 3.63) is 77.4 Å². The fourth-order valence-corrected chi connectivity index (χ4v) is 4.32. The molecule has 186 valence electrons. The summed E-state index contributed by atoms with van der Waals surface area (Å²) in [5, 5.41) is 11.4. The zero-order valence-corrected chi connectivity index (χ0v) is 20.9. The summed E-state index contributed by atoms with van der Waals surface area (Å²) < 4.78 is 10.9. The minimum absolute atomic E-state index is 0.0857. The van der Waals surface area contributed by atoms with Gasteiger partial charge in [0.15, 0.2) is 0 Å². The van der Waals surface area contributed by atoms with Crippen LogP contribution in [0.1, 0.15) is 36.6 Å². The number of aryl methyl sites for hydroxylation is 1. The molecule has 0 bridgehead atoms. The van der Waals surface area contributed by atoms with Crippen LogP contribution < -0.4 is 9.47 Å². The van der Waals surface area contributed by atoms with E-state index in [0.29, 0.717) is 36.8 Å². The highest BCUT2D eigenvalue weighted by Gasteiger charge is 2.46. The number of ketones is 1. The van der Waals surface area contributed by atoms with E-state index < -0.39 is 17.7 Å².